The lowest BCUT2D eigenvalue weighted by Gasteiger charge is -2.07. The van der Waals surface area contributed by atoms with Gasteiger partial charge in [-0.15, -0.1) is 0 Å². The van der Waals surface area contributed by atoms with E-state index in [1.165, 1.54) is 4.68 Å². The summed E-state index contributed by atoms with van der Waals surface area (Å²) in [6.07, 6.45) is 1.71. The Morgan fingerprint density at radius 2 is 2.00 bits per heavy atom. The molecular weight excluding hydrogens is 356 g/mol. The SMILES string of the molecule is CNC(=O)c1ccc2c3cnn(Cc4cccc(OC)c4)c(=O)c3n(C)c2c1. The lowest BCUT2D eigenvalue weighted by atomic mass is 10.1. The van der Waals surface area contributed by atoms with Crippen LogP contribution in [0.2, 0.25) is 0 Å². The molecule has 0 aliphatic carbocycles. The van der Waals surface area contributed by atoms with Gasteiger partial charge in [0.15, 0.2) is 0 Å². The largest absolute Gasteiger partial charge is 0.497 e. The van der Waals surface area contributed by atoms with Crippen molar-refractivity contribution >= 4 is 27.7 Å². The summed E-state index contributed by atoms with van der Waals surface area (Å²) in [5.41, 5.74) is 2.66. The predicted octanol–water partition coefficient (Wildman–Crippen LogP) is 2.30. The second-order valence-corrected chi connectivity index (χ2v) is 6.59. The molecule has 4 rings (SSSR count). The molecular formula is C21H20N4O3. The summed E-state index contributed by atoms with van der Waals surface area (Å²) in [5, 5.41) is 8.65. The minimum absolute atomic E-state index is 0.166. The van der Waals surface area contributed by atoms with Crippen LogP contribution in [-0.2, 0) is 13.6 Å². The summed E-state index contributed by atoms with van der Waals surface area (Å²) in [6.45, 7) is 0.344. The first kappa shape index (κ1) is 17.8. The topological polar surface area (TPSA) is 78.2 Å². The molecule has 2 heterocycles. The fourth-order valence-corrected chi connectivity index (χ4v) is 3.50. The van der Waals surface area contributed by atoms with E-state index in [-0.39, 0.29) is 11.5 Å². The van der Waals surface area contributed by atoms with Gasteiger partial charge < -0.3 is 14.6 Å². The van der Waals surface area contributed by atoms with E-state index in [2.05, 4.69) is 10.4 Å². The van der Waals surface area contributed by atoms with E-state index in [4.69, 9.17) is 4.74 Å². The van der Waals surface area contributed by atoms with E-state index in [0.29, 0.717) is 17.6 Å². The molecule has 0 unspecified atom stereocenters. The molecule has 0 saturated carbocycles. The summed E-state index contributed by atoms with van der Waals surface area (Å²) in [6, 6.07) is 13.0. The first-order valence-corrected chi connectivity index (χ1v) is 8.86. The number of aromatic nitrogens is 3. The number of aryl methyl sites for hydroxylation is 1. The van der Waals surface area contributed by atoms with E-state index in [1.807, 2.05) is 41.9 Å². The van der Waals surface area contributed by atoms with Crippen LogP contribution < -0.4 is 15.6 Å². The van der Waals surface area contributed by atoms with Crippen LogP contribution in [0.25, 0.3) is 21.8 Å². The number of fused-ring (bicyclic) bond motifs is 3. The fourth-order valence-electron chi connectivity index (χ4n) is 3.50. The third-order valence-electron chi connectivity index (χ3n) is 4.96. The molecule has 0 saturated heterocycles. The Kier molecular flexibility index (Phi) is 4.35. The Morgan fingerprint density at radius 3 is 2.75 bits per heavy atom. The van der Waals surface area contributed by atoms with Crippen LogP contribution in [0.3, 0.4) is 0 Å². The van der Waals surface area contributed by atoms with E-state index in [0.717, 1.165) is 27.6 Å². The van der Waals surface area contributed by atoms with Gasteiger partial charge in [0.1, 0.15) is 11.3 Å². The first-order valence-electron chi connectivity index (χ1n) is 8.86. The molecule has 2 aromatic carbocycles. The molecule has 2 aromatic heterocycles. The van der Waals surface area contributed by atoms with Crippen molar-refractivity contribution in [1.82, 2.24) is 19.7 Å². The number of nitrogens with one attached hydrogen (secondary N) is 1. The van der Waals surface area contributed by atoms with Gasteiger partial charge in [0.2, 0.25) is 0 Å². The number of nitrogens with zero attached hydrogens (tertiary/aromatic N) is 3. The van der Waals surface area contributed by atoms with Crippen LogP contribution in [0.5, 0.6) is 5.75 Å². The minimum atomic E-state index is -0.180. The van der Waals surface area contributed by atoms with Crippen LogP contribution in [0.1, 0.15) is 15.9 Å². The van der Waals surface area contributed by atoms with Crippen molar-refractivity contribution in [3.05, 3.63) is 70.1 Å². The molecule has 7 nitrogen and oxygen atoms in total. The number of benzene rings is 2. The molecule has 0 aliphatic rings. The molecule has 0 bridgehead atoms. The molecule has 0 radical (unpaired) electrons. The van der Waals surface area contributed by atoms with Crippen molar-refractivity contribution < 1.29 is 9.53 Å². The molecule has 28 heavy (non-hydrogen) atoms. The molecule has 0 spiro atoms. The Labute approximate surface area is 161 Å². The van der Waals surface area contributed by atoms with Gasteiger partial charge in [0.05, 0.1) is 19.9 Å². The lowest BCUT2D eigenvalue weighted by Crippen LogP contribution is -2.24. The molecule has 1 N–H and O–H groups in total. The van der Waals surface area contributed by atoms with Gasteiger partial charge in [0, 0.05) is 35.9 Å². The average Bonchev–Trinajstić information content (AvgIpc) is 3.01. The normalized spacial score (nSPS) is 11.1. The molecule has 142 valence electrons. The van der Waals surface area contributed by atoms with E-state index in [1.54, 1.807) is 32.5 Å². The first-order chi connectivity index (χ1) is 13.5. The van der Waals surface area contributed by atoms with Gasteiger partial charge in [0.25, 0.3) is 11.5 Å². The predicted molar refractivity (Wildman–Crippen MR) is 108 cm³/mol. The van der Waals surface area contributed by atoms with Crippen molar-refractivity contribution in [2.45, 2.75) is 6.54 Å². The zero-order chi connectivity index (χ0) is 19.8. The second kappa shape index (κ2) is 6.84. The van der Waals surface area contributed by atoms with Crippen LogP contribution >= 0.6 is 0 Å². The lowest BCUT2D eigenvalue weighted by molar-refractivity contribution is 0.0963. The Bertz CT molecular complexity index is 1270. The van der Waals surface area contributed by atoms with Crippen molar-refractivity contribution in [2.75, 3.05) is 14.2 Å². The maximum absolute atomic E-state index is 13.1. The number of methoxy groups -OCH3 is 1. The van der Waals surface area contributed by atoms with Crippen molar-refractivity contribution in [3.8, 4) is 5.75 Å². The Balaban J connectivity index is 1.86. The quantitative estimate of drug-likeness (QED) is 0.593. The molecule has 0 fully saturated rings. The van der Waals surface area contributed by atoms with Crippen LogP contribution in [0.15, 0.2) is 53.5 Å². The average molecular weight is 376 g/mol. The van der Waals surface area contributed by atoms with Gasteiger partial charge in [-0.2, -0.15) is 5.10 Å². The second-order valence-electron chi connectivity index (χ2n) is 6.59. The number of amides is 1. The van der Waals surface area contributed by atoms with E-state index in [9.17, 15) is 9.59 Å². The summed E-state index contributed by atoms with van der Waals surface area (Å²) < 4.78 is 8.51. The smallest absolute Gasteiger partial charge is 0.291 e. The highest BCUT2D eigenvalue weighted by Gasteiger charge is 2.16. The maximum Gasteiger partial charge on any atom is 0.291 e. The van der Waals surface area contributed by atoms with Crippen molar-refractivity contribution in [1.29, 1.82) is 0 Å². The van der Waals surface area contributed by atoms with Gasteiger partial charge in [-0.05, 0) is 29.8 Å². The number of hydrogen-bond acceptors (Lipinski definition) is 4. The van der Waals surface area contributed by atoms with Crippen molar-refractivity contribution in [3.63, 3.8) is 0 Å². The Hall–Kier alpha value is -3.61. The zero-order valence-electron chi connectivity index (χ0n) is 15.9. The summed E-state index contributed by atoms with van der Waals surface area (Å²) >= 11 is 0. The van der Waals surface area contributed by atoms with Gasteiger partial charge in [-0.25, -0.2) is 4.68 Å². The monoisotopic (exact) mass is 376 g/mol. The molecule has 0 atom stereocenters. The van der Waals surface area contributed by atoms with Gasteiger partial charge in [-0.1, -0.05) is 18.2 Å². The summed E-state index contributed by atoms with van der Waals surface area (Å²) in [5.74, 6) is 0.568. The highest BCUT2D eigenvalue weighted by Crippen LogP contribution is 2.26. The molecule has 0 aliphatic heterocycles. The highest BCUT2D eigenvalue weighted by molar-refractivity contribution is 6.09. The number of carbonyl (C=O) groups is 1. The zero-order valence-corrected chi connectivity index (χ0v) is 15.9. The number of ether oxygens (including phenoxy) is 1. The molecule has 4 aromatic rings. The molecule has 1 amide bonds. The minimum Gasteiger partial charge on any atom is -0.497 e. The van der Waals surface area contributed by atoms with Gasteiger partial charge >= 0.3 is 0 Å². The Morgan fingerprint density at radius 1 is 1.18 bits per heavy atom. The van der Waals surface area contributed by atoms with Crippen LogP contribution in [0, 0.1) is 0 Å². The molecule has 7 heteroatoms. The fraction of sp³-hybridized carbons (Fsp3) is 0.190. The van der Waals surface area contributed by atoms with Crippen molar-refractivity contribution in [2.24, 2.45) is 7.05 Å². The number of rotatable bonds is 4. The maximum atomic E-state index is 13.1. The summed E-state index contributed by atoms with van der Waals surface area (Å²) in [4.78, 5) is 25.1. The van der Waals surface area contributed by atoms with Crippen LogP contribution in [-0.4, -0.2) is 34.4 Å². The van der Waals surface area contributed by atoms with Crippen LogP contribution in [0.4, 0.5) is 0 Å². The highest BCUT2D eigenvalue weighted by atomic mass is 16.5. The standard InChI is InChI=1S/C21H20N4O3/c1-22-20(26)14-7-8-16-17-11-23-25(12-13-5-4-6-15(9-13)28-3)21(27)19(17)24(2)18(16)10-14/h4-11H,12H2,1-3H3,(H,22,26). The number of carbonyl (C=O) groups excluding carboxylic acids is 1. The summed E-state index contributed by atoms with van der Waals surface area (Å²) in [7, 11) is 5.03. The van der Waals surface area contributed by atoms with E-state index >= 15 is 0 Å². The third kappa shape index (κ3) is 2.81. The number of hydrogen-bond donors (Lipinski definition) is 1. The van der Waals surface area contributed by atoms with E-state index < -0.39 is 0 Å². The third-order valence-corrected chi connectivity index (χ3v) is 4.96. The van der Waals surface area contributed by atoms with Gasteiger partial charge in [-0.3, -0.25) is 9.59 Å².